The third-order valence-electron chi connectivity index (χ3n) is 3.13. The molecule has 0 amide bonds. The van der Waals surface area contributed by atoms with Gasteiger partial charge in [-0.15, -0.1) is 0 Å². The van der Waals surface area contributed by atoms with Crippen LogP contribution in [0.3, 0.4) is 0 Å². The van der Waals surface area contributed by atoms with E-state index in [1.807, 2.05) is 18.2 Å². The zero-order valence-electron chi connectivity index (χ0n) is 9.36. The van der Waals surface area contributed by atoms with Crippen molar-refractivity contribution in [2.45, 2.75) is 12.5 Å². The second-order valence-electron chi connectivity index (χ2n) is 4.34. The summed E-state index contributed by atoms with van der Waals surface area (Å²) in [7, 11) is 0. The first kappa shape index (κ1) is 10.3. The summed E-state index contributed by atoms with van der Waals surface area (Å²) in [4.78, 5) is 4.15. The topological polar surface area (TPSA) is 24.4 Å². The molecule has 86 valence electrons. The summed E-state index contributed by atoms with van der Waals surface area (Å²) in [5.74, 6) is -0.180. The Kier molecular flexibility index (Phi) is 2.52. The van der Waals surface area contributed by atoms with Gasteiger partial charge in [-0.05, 0) is 34.9 Å². The van der Waals surface area contributed by atoms with Crippen LogP contribution >= 0.6 is 0 Å². The number of rotatable bonds is 2. The molecule has 1 unspecified atom stereocenters. The van der Waals surface area contributed by atoms with Crippen molar-refractivity contribution in [1.29, 1.82) is 0 Å². The van der Waals surface area contributed by atoms with E-state index >= 15 is 0 Å². The zero-order valence-corrected chi connectivity index (χ0v) is 9.36. The summed E-state index contributed by atoms with van der Waals surface area (Å²) in [6.07, 6.45) is 2.62. The molecule has 2 aromatic rings. The fourth-order valence-electron chi connectivity index (χ4n) is 2.27. The van der Waals surface area contributed by atoms with E-state index in [0.29, 0.717) is 6.04 Å². The Balaban J connectivity index is 2.00. The molecule has 1 aliphatic heterocycles. The van der Waals surface area contributed by atoms with Gasteiger partial charge in [-0.3, -0.25) is 4.99 Å². The molecule has 0 spiro atoms. The van der Waals surface area contributed by atoms with E-state index < -0.39 is 0 Å². The molecule has 0 saturated heterocycles. The van der Waals surface area contributed by atoms with Crippen LogP contribution in [0.5, 0.6) is 0 Å². The maximum absolute atomic E-state index is 13.3. The van der Waals surface area contributed by atoms with E-state index in [1.165, 1.54) is 11.6 Å². The van der Waals surface area contributed by atoms with Crippen molar-refractivity contribution < 1.29 is 4.39 Å². The van der Waals surface area contributed by atoms with E-state index in [4.69, 9.17) is 0 Å². The van der Waals surface area contributed by atoms with Gasteiger partial charge >= 0.3 is 0 Å². The number of nitrogens with zero attached hydrogens (tertiary/aromatic N) is 1. The highest BCUT2D eigenvalue weighted by molar-refractivity contribution is 5.85. The highest BCUT2D eigenvalue weighted by Gasteiger charge is 2.12. The van der Waals surface area contributed by atoms with E-state index in [0.717, 1.165) is 23.7 Å². The summed E-state index contributed by atoms with van der Waals surface area (Å²) in [5, 5.41) is 5.29. The van der Waals surface area contributed by atoms with E-state index in [-0.39, 0.29) is 5.82 Å². The summed E-state index contributed by atoms with van der Waals surface area (Å²) in [5.41, 5.74) is 1.17. The maximum atomic E-state index is 13.3. The first-order valence-electron chi connectivity index (χ1n) is 5.74. The highest BCUT2D eigenvalue weighted by Crippen LogP contribution is 2.21. The maximum Gasteiger partial charge on any atom is 0.123 e. The predicted molar refractivity (Wildman–Crippen MR) is 67.9 cm³/mol. The standard InChI is InChI=1S/C14H13FN2/c15-12-5-4-10-2-1-3-11(14(10)7-12)6-13-8-16-9-17-13/h1-5,7,9,13H,6,8H2,(H,16,17). The lowest BCUT2D eigenvalue weighted by Crippen LogP contribution is -2.27. The van der Waals surface area contributed by atoms with Gasteiger partial charge in [0.05, 0.1) is 18.9 Å². The van der Waals surface area contributed by atoms with Gasteiger partial charge in [0.2, 0.25) is 0 Å². The Morgan fingerprint density at radius 1 is 1.29 bits per heavy atom. The number of halogens is 1. The van der Waals surface area contributed by atoms with Crippen LogP contribution < -0.4 is 5.32 Å². The van der Waals surface area contributed by atoms with Crippen molar-refractivity contribution in [2.75, 3.05) is 6.54 Å². The van der Waals surface area contributed by atoms with Crippen LogP contribution in [-0.4, -0.2) is 18.9 Å². The average Bonchev–Trinajstić information content (AvgIpc) is 2.83. The lowest BCUT2D eigenvalue weighted by atomic mass is 9.99. The fourth-order valence-corrected chi connectivity index (χ4v) is 2.27. The van der Waals surface area contributed by atoms with Gasteiger partial charge in [0.25, 0.3) is 0 Å². The Hall–Kier alpha value is -1.90. The van der Waals surface area contributed by atoms with Gasteiger partial charge in [-0.25, -0.2) is 4.39 Å². The minimum absolute atomic E-state index is 0.180. The number of aliphatic imine (C=N–C) groups is 1. The molecular weight excluding hydrogens is 215 g/mol. The molecule has 0 fully saturated rings. The van der Waals surface area contributed by atoms with Crippen molar-refractivity contribution in [2.24, 2.45) is 4.99 Å². The van der Waals surface area contributed by atoms with Gasteiger partial charge in [-0.2, -0.15) is 0 Å². The van der Waals surface area contributed by atoms with Crippen LogP contribution in [0, 0.1) is 5.82 Å². The molecule has 1 N–H and O–H groups in total. The first-order valence-corrected chi connectivity index (χ1v) is 5.74. The Bertz CT molecular complexity index is 569. The van der Waals surface area contributed by atoms with Crippen molar-refractivity contribution in [3.8, 4) is 0 Å². The first-order chi connectivity index (χ1) is 8.33. The number of benzene rings is 2. The van der Waals surface area contributed by atoms with E-state index in [9.17, 15) is 4.39 Å². The molecule has 1 heterocycles. The van der Waals surface area contributed by atoms with Crippen LogP contribution in [0.4, 0.5) is 4.39 Å². The van der Waals surface area contributed by atoms with Crippen molar-refractivity contribution in [3.63, 3.8) is 0 Å². The second kappa shape index (κ2) is 4.17. The number of hydrogen-bond donors (Lipinski definition) is 1. The summed E-state index contributed by atoms with van der Waals surface area (Å²) in [6.45, 7) is 0.797. The minimum atomic E-state index is -0.180. The molecule has 0 radical (unpaired) electrons. The molecule has 1 aliphatic rings. The molecule has 17 heavy (non-hydrogen) atoms. The van der Waals surface area contributed by atoms with Gasteiger partial charge in [0.1, 0.15) is 5.82 Å². The van der Waals surface area contributed by atoms with Crippen LogP contribution in [0.25, 0.3) is 10.8 Å². The van der Waals surface area contributed by atoms with Gasteiger partial charge in [-0.1, -0.05) is 24.3 Å². The molecule has 3 heteroatoms. The SMILES string of the molecule is Fc1ccc2cccc(CC3CN=CN3)c2c1. The van der Waals surface area contributed by atoms with Crippen molar-refractivity contribution >= 4 is 17.1 Å². The average molecular weight is 228 g/mol. The normalized spacial score (nSPS) is 18.5. The molecule has 2 aromatic carbocycles. The molecule has 1 atom stereocenters. The summed E-state index contributed by atoms with van der Waals surface area (Å²) < 4.78 is 13.3. The zero-order chi connectivity index (χ0) is 11.7. The molecule has 3 rings (SSSR count). The summed E-state index contributed by atoms with van der Waals surface area (Å²) in [6, 6.07) is 11.4. The summed E-state index contributed by atoms with van der Waals surface area (Å²) >= 11 is 0. The van der Waals surface area contributed by atoms with Crippen molar-refractivity contribution in [3.05, 3.63) is 47.8 Å². The molecule has 0 aromatic heterocycles. The smallest absolute Gasteiger partial charge is 0.123 e. The quantitative estimate of drug-likeness (QED) is 0.839. The predicted octanol–water partition coefficient (Wildman–Crippen LogP) is 2.52. The second-order valence-corrected chi connectivity index (χ2v) is 4.34. The lowest BCUT2D eigenvalue weighted by molar-refractivity contribution is 0.629. The Morgan fingerprint density at radius 3 is 3.06 bits per heavy atom. The van der Waals surface area contributed by atoms with Gasteiger partial charge < -0.3 is 5.32 Å². The van der Waals surface area contributed by atoms with E-state index in [1.54, 1.807) is 12.4 Å². The highest BCUT2D eigenvalue weighted by atomic mass is 19.1. The molecule has 0 saturated carbocycles. The number of hydrogen-bond acceptors (Lipinski definition) is 2. The van der Waals surface area contributed by atoms with Crippen LogP contribution in [0.1, 0.15) is 5.56 Å². The molecule has 0 aliphatic carbocycles. The Labute approximate surface area is 99.2 Å². The van der Waals surface area contributed by atoms with Crippen LogP contribution in [-0.2, 0) is 6.42 Å². The lowest BCUT2D eigenvalue weighted by Gasteiger charge is -2.12. The van der Waals surface area contributed by atoms with Gasteiger partial charge in [0.15, 0.2) is 0 Å². The third kappa shape index (κ3) is 2.00. The van der Waals surface area contributed by atoms with Crippen LogP contribution in [0.2, 0.25) is 0 Å². The molecular formula is C14H13FN2. The van der Waals surface area contributed by atoms with E-state index in [2.05, 4.69) is 16.4 Å². The minimum Gasteiger partial charge on any atom is -0.372 e. The Morgan fingerprint density at radius 2 is 2.24 bits per heavy atom. The monoisotopic (exact) mass is 228 g/mol. The number of fused-ring (bicyclic) bond motifs is 1. The van der Waals surface area contributed by atoms with Crippen molar-refractivity contribution in [1.82, 2.24) is 5.32 Å². The largest absolute Gasteiger partial charge is 0.372 e. The third-order valence-corrected chi connectivity index (χ3v) is 3.13. The van der Waals surface area contributed by atoms with Crippen LogP contribution in [0.15, 0.2) is 41.4 Å². The number of nitrogens with one attached hydrogen (secondary N) is 1. The fraction of sp³-hybridized carbons (Fsp3) is 0.214. The molecule has 2 nitrogen and oxygen atoms in total. The molecule has 0 bridgehead atoms. The van der Waals surface area contributed by atoms with Gasteiger partial charge in [0, 0.05) is 0 Å².